The molecule has 1 N–H and O–H groups in total. The highest BCUT2D eigenvalue weighted by molar-refractivity contribution is 5.29. The zero-order chi connectivity index (χ0) is 16.7. The summed E-state index contributed by atoms with van der Waals surface area (Å²) in [7, 11) is 1.71. The number of benzene rings is 1. The first-order valence-corrected chi connectivity index (χ1v) is 8.79. The van der Waals surface area contributed by atoms with Crippen LogP contribution < -0.4 is 4.74 Å². The normalized spacial score (nSPS) is 22.3. The maximum absolute atomic E-state index is 10.5. The zero-order valence-electron chi connectivity index (χ0n) is 14.7. The molecule has 1 aromatic carbocycles. The number of aliphatic hydroxyl groups is 1. The molecular weight excluding hydrogens is 284 g/mol. The molecule has 2 unspecified atom stereocenters. The van der Waals surface area contributed by atoms with Crippen molar-refractivity contribution in [2.24, 2.45) is 5.92 Å². The van der Waals surface area contributed by atoms with Crippen molar-refractivity contribution in [3.63, 3.8) is 0 Å². The van der Waals surface area contributed by atoms with E-state index in [1.54, 1.807) is 7.11 Å². The molecule has 0 saturated carbocycles. The van der Waals surface area contributed by atoms with Crippen molar-refractivity contribution < 1.29 is 9.84 Å². The van der Waals surface area contributed by atoms with E-state index < -0.39 is 5.60 Å². The Morgan fingerprint density at radius 2 is 2.22 bits per heavy atom. The van der Waals surface area contributed by atoms with E-state index in [-0.39, 0.29) is 0 Å². The molecule has 0 saturated heterocycles. The Bertz CT molecular complexity index is 559. The number of methoxy groups -OCH3 is 1. The van der Waals surface area contributed by atoms with Crippen molar-refractivity contribution in [1.82, 2.24) is 0 Å². The number of rotatable bonds is 8. The average Bonchev–Trinajstić information content (AvgIpc) is 2.93. The van der Waals surface area contributed by atoms with E-state index in [1.165, 1.54) is 11.1 Å². The van der Waals surface area contributed by atoms with Gasteiger partial charge in [0.1, 0.15) is 5.75 Å². The van der Waals surface area contributed by atoms with Crippen LogP contribution in [-0.4, -0.2) is 17.8 Å². The minimum atomic E-state index is -0.528. The van der Waals surface area contributed by atoms with Crippen molar-refractivity contribution in [2.45, 2.75) is 58.0 Å². The molecule has 0 aromatic heterocycles. The van der Waals surface area contributed by atoms with Gasteiger partial charge in [0, 0.05) is 0 Å². The standard InChI is InChI=1S/C21H30O2/c1-4-21(22)14-8-12-19(21)11-6-5-9-17(2)15-18-10-7-13-20(16-18)23-3/h5,7,9-10,12-13,16-17,22H,4,6,8,11,14-15H2,1-3H3/b9-5+. The summed E-state index contributed by atoms with van der Waals surface area (Å²) in [5.74, 6) is 1.43. The minimum absolute atomic E-state index is 0.504. The fourth-order valence-electron chi connectivity index (χ4n) is 3.38. The molecule has 2 heteroatoms. The summed E-state index contributed by atoms with van der Waals surface area (Å²) in [5, 5.41) is 10.5. The molecule has 1 aliphatic rings. The average molecular weight is 314 g/mol. The third-order valence-corrected chi connectivity index (χ3v) is 4.87. The topological polar surface area (TPSA) is 29.5 Å². The lowest BCUT2D eigenvalue weighted by atomic mass is 9.89. The molecule has 0 fully saturated rings. The largest absolute Gasteiger partial charge is 0.497 e. The molecule has 0 amide bonds. The maximum atomic E-state index is 10.5. The van der Waals surface area contributed by atoms with E-state index in [2.05, 4.69) is 44.2 Å². The fraction of sp³-hybridized carbons (Fsp3) is 0.524. The van der Waals surface area contributed by atoms with Crippen LogP contribution in [0.4, 0.5) is 0 Å². The lowest BCUT2D eigenvalue weighted by molar-refractivity contribution is 0.0722. The molecule has 23 heavy (non-hydrogen) atoms. The molecule has 0 bridgehead atoms. The van der Waals surface area contributed by atoms with Gasteiger partial charge in [-0.1, -0.05) is 44.2 Å². The molecular formula is C21H30O2. The van der Waals surface area contributed by atoms with Gasteiger partial charge in [-0.2, -0.15) is 0 Å². The SMILES string of the molecule is CCC1(O)CCC=C1CC/C=C/C(C)Cc1cccc(OC)c1. The predicted molar refractivity (Wildman–Crippen MR) is 96.8 cm³/mol. The Balaban J connectivity index is 1.79. The Morgan fingerprint density at radius 3 is 2.96 bits per heavy atom. The van der Waals surface area contributed by atoms with Crippen LogP contribution in [-0.2, 0) is 6.42 Å². The van der Waals surface area contributed by atoms with E-state index in [0.29, 0.717) is 5.92 Å². The summed E-state index contributed by atoms with van der Waals surface area (Å²) < 4.78 is 5.27. The lowest BCUT2D eigenvalue weighted by Gasteiger charge is -2.24. The summed E-state index contributed by atoms with van der Waals surface area (Å²) in [6, 6.07) is 8.28. The summed E-state index contributed by atoms with van der Waals surface area (Å²) in [6.45, 7) is 4.32. The molecule has 126 valence electrons. The van der Waals surface area contributed by atoms with E-state index in [4.69, 9.17) is 4.74 Å². The number of allylic oxidation sites excluding steroid dienone is 3. The lowest BCUT2D eigenvalue weighted by Crippen LogP contribution is -2.26. The third-order valence-electron chi connectivity index (χ3n) is 4.87. The molecule has 0 radical (unpaired) electrons. The third kappa shape index (κ3) is 4.97. The maximum Gasteiger partial charge on any atom is 0.119 e. The highest BCUT2D eigenvalue weighted by Crippen LogP contribution is 2.35. The first-order valence-electron chi connectivity index (χ1n) is 8.79. The van der Waals surface area contributed by atoms with E-state index in [9.17, 15) is 5.11 Å². The van der Waals surface area contributed by atoms with Gasteiger partial charge in [-0.15, -0.1) is 0 Å². The van der Waals surface area contributed by atoms with Gasteiger partial charge >= 0.3 is 0 Å². The van der Waals surface area contributed by atoms with Crippen molar-refractivity contribution >= 4 is 0 Å². The van der Waals surface area contributed by atoms with Crippen LogP contribution in [0.5, 0.6) is 5.75 Å². The van der Waals surface area contributed by atoms with Gasteiger partial charge in [-0.05, 0) is 67.7 Å². The van der Waals surface area contributed by atoms with Gasteiger partial charge in [0.15, 0.2) is 0 Å². The van der Waals surface area contributed by atoms with Gasteiger partial charge in [-0.25, -0.2) is 0 Å². The van der Waals surface area contributed by atoms with Crippen LogP contribution in [0.25, 0.3) is 0 Å². The monoisotopic (exact) mass is 314 g/mol. The van der Waals surface area contributed by atoms with E-state index in [1.807, 2.05) is 12.1 Å². The zero-order valence-corrected chi connectivity index (χ0v) is 14.7. The fourth-order valence-corrected chi connectivity index (χ4v) is 3.38. The first-order chi connectivity index (χ1) is 11.1. The quantitative estimate of drug-likeness (QED) is 0.679. The number of ether oxygens (including phenoxy) is 1. The minimum Gasteiger partial charge on any atom is -0.497 e. The second-order valence-electron chi connectivity index (χ2n) is 6.65. The molecule has 0 aliphatic heterocycles. The van der Waals surface area contributed by atoms with Crippen LogP contribution in [0, 0.1) is 5.92 Å². The summed E-state index contributed by atoms with van der Waals surface area (Å²) >= 11 is 0. The van der Waals surface area contributed by atoms with Gasteiger partial charge in [-0.3, -0.25) is 0 Å². The van der Waals surface area contributed by atoms with E-state index >= 15 is 0 Å². The van der Waals surface area contributed by atoms with Gasteiger partial charge in [0.25, 0.3) is 0 Å². The van der Waals surface area contributed by atoms with Gasteiger partial charge in [0.05, 0.1) is 12.7 Å². The Hall–Kier alpha value is -1.54. The Labute approximate surface area is 140 Å². The van der Waals surface area contributed by atoms with Crippen LogP contribution in [0.15, 0.2) is 48.1 Å². The van der Waals surface area contributed by atoms with Crippen molar-refractivity contribution in [1.29, 1.82) is 0 Å². The molecule has 0 spiro atoms. The smallest absolute Gasteiger partial charge is 0.119 e. The summed E-state index contributed by atoms with van der Waals surface area (Å²) in [6.07, 6.45) is 12.6. The van der Waals surface area contributed by atoms with Crippen LogP contribution in [0.2, 0.25) is 0 Å². The van der Waals surface area contributed by atoms with Gasteiger partial charge in [0.2, 0.25) is 0 Å². The Morgan fingerprint density at radius 1 is 1.39 bits per heavy atom. The van der Waals surface area contributed by atoms with Crippen LogP contribution in [0.3, 0.4) is 0 Å². The molecule has 0 heterocycles. The van der Waals surface area contributed by atoms with Gasteiger partial charge < -0.3 is 9.84 Å². The molecule has 2 nitrogen and oxygen atoms in total. The summed E-state index contributed by atoms with van der Waals surface area (Å²) in [5.41, 5.74) is 2.02. The molecule has 2 atom stereocenters. The van der Waals surface area contributed by atoms with Crippen LogP contribution in [0.1, 0.15) is 51.5 Å². The van der Waals surface area contributed by atoms with Crippen molar-refractivity contribution in [3.05, 3.63) is 53.6 Å². The second kappa shape index (κ2) is 8.35. The summed E-state index contributed by atoms with van der Waals surface area (Å²) in [4.78, 5) is 0. The number of hydrogen-bond acceptors (Lipinski definition) is 2. The highest BCUT2D eigenvalue weighted by atomic mass is 16.5. The van der Waals surface area contributed by atoms with Crippen LogP contribution >= 0.6 is 0 Å². The second-order valence-corrected chi connectivity index (χ2v) is 6.65. The highest BCUT2D eigenvalue weighted by Gasteiger charge is 2.31. The predicted octanol–water partition coefficient (Wildman–Crippen LogP) is 5.07. The number of hydrogen-bond donors (Lipinski definition) is 1. The first kappa shape index (κ1) is 17.8. The molecule has 2 rings (SSSR count). The van der Waals surface area contributed by atoms with Crippen molar-refractivity contribution in [3.8, 4) is 5.75 Å². The molecule has 1 aliphatic carbocycles. The molecule has 1 aromatic rings. The van der Waals surface area contributed by atoms with E-state index in [0.717, 1.165) is 44.3 Å². The Kier molecular flexibility index (Phi) is 6.47. The van der Waals surface area contributed by atoms with Crippen molar-refractivity contribution in [2.75, 3.05) is 7.11 Å².